The Labute approximate surface area is 156 Å². The number of hydrogen-bond donors (Lipinski definition) is 1. The summed E-state index contributed by atoms with van der Waals surface area (Å²) >= 11 is 6.35. The van der Waals surface area contributed by atoms with Crippen molar-refractivity contribution in [3.8, 4) is 17.1 Å². The minimum absolute atomic E-state index is 0.210. The maximum atomic E-state index is 11.8. The smallest absolute Gasteiger partial charge is 0.185 e. The Morgan fingerprint density at radius 2 is 1.85 bits per heavy atom. The molecule has 0 radical (unpaired) electrons. The van der Waals surface area contributed by atoms with Crippen molar-refractivity contribution < 1.29 is 14.3 Å². The van der Waals surface area contributed by atoms with E-state index in [1.54, 1.807) is 12.1 Å². The van der Waals surface area contributed by atoms with Crippen molar-refractivity contribution in [3.05, 3.63) is 86.7 Å². The first kappa shape index (κ1) is 18.2. The van der Waals surface area contributed by atoms with Gasteiger partial charge in [0, 0.05) is 22.7 Å². The molecule has 0 atom stereocenters. The van der Waals surface area contributed by atoms with E-state index in [1.807, 2.05) is 37.3 Å². The molecule has 0 aliphatic heterocycles. The van der Waals surface area contributed by atoms with Crippen molar-refractivity contribution >= 4 is 11.6 Å². The molecule has 1 aromatic heterocycles. The Morgan fingerprint density at radius 3 is 2.54 bits per heavy atom. The molecule has 1 heterocycles. The standard InChI is InChI=1S/C21H19ClO4/c1-2-25-18-6-3-14(4-7-18)9-16-10-15(5-8-20(16)22)21-12-17(24)11-19(13-23)26-21/h3-8,10-12,23H,2,9,13H2,1H3. The van der Waals surface area contributed by atoms with Gasteiger partial charge in [0.15, 0.2) is 5.43 Å². The first-order valence-electron chi connectivity index (χ1n) is 8.34. The van der Waals surface area contributed by atoms with Gasteiger partial charge < -0.3 is 14.3 Å². The predicted octanol–water partition coefficient (Wildman–Crippen LogP) is 4.44. The highest BCUT2D eigenvalue weighted by Crippen LogP contribution is 2.27. The normalized spacial score (nSPS) is 10.7. The lowest BCUT2D eigenvalue weighted by molar-refractivity contribution is 0.245. The van der Waals surface area contributed by atoms with Crippen molar-refractivity contribution in [3.63, 3.8) is 0 Å². The van der Waals surface area contributed by atoms with Gasteiger partial charge in [-0.2, -0.15) is 0 Å². The fraction of sp³-hybridized carbons (Fsp3) is 0.190. The summed E-state index contributed by atoms with van der Waals surface area (Å²) in [5, 5.41) is 9.87. The number of halogens is 1. The molecule has 0 saturated heterocycles. The average molecular weight is 371 g/mol. The zero-order valence-electron chi connectivity index (χ0n) is 14.4. The van der Waals surface area contributed by atoms with Gasteiger partial charge in [0.2, 0.25) is 0 Å². The number of rotatable bonds is 6. The minimum Gasteiger partial charge on any atom is -0.494 e. The zero-order chi connectivity index (χ0) is 18.5. The molecule has 3 rings (SSSR count). The molecule has 0 fully saturated rings. The summed E-state index contributed by atoms with van der Waals surface area (Å²) in [6.07, 6.45) is 0.642. The molecular formula is C21H19ClO4. The summed E-state index contributed by atoms with van der Waals surface area (Å²) in [4.78, 5) is 11.8. The van der Waals surface area contributed by atoms with Crippen LogP contribution in [0.1, 0.15) is 23.8 Å². The summed E-state index contributed by atoms with van der Waals surface area (Å²) < 4.78 is 11.0. The first-order valence-corrected chi connectivity index (χ1v) is 8.72. The number of ether oxygens (including phenoxy) is 1. The molecule has 0 spiro atoms. The predicted molar refractivity (Wildman–Crippen MR) is 102 cm³/mol. The van der Waals surface area contributed by atoms with Crippen molar-refractivity contribution in [2.24, 2.45) is 0 Å². The average Bonchev–Trinajstić information content (AvgIpc) is 2.64. The Hall–Kier alpha value is -2.56. The van der Waals surface area contributed by atoms with Crippen LogP contribution in [0.3, 0.4) is 0 Å². The Balaban J connectivity index is 1.90. The van der Waals surface area contributed by atoms with Crippen LogP contribution < -0.4 is 10.2 Å². The Kier molecular flexibility index (Phi) is 5.76. The maximum absolute atomic E-state index is 11.8. The van der Waals surface area contributed by atoms with Crippen LogP contribution in [0.4, 0.5) is 0 Å². The van der Waals surface area contributed by atoms with Gasteiger partial charge in [-0.05, 0) is 54.8 Å². The second-order valence-corrected chi connectivity index (χ2v) is 6.25. The number of hydrogen-bond acceptors (Lipinski definition) is 4. The van der Waals surface area contributed by atoms with Gasteiger partial charge in [-0.1, -0.05) is 23.7 Å². The van der Waals surface area contributed by atoms with Gasteiger partial charge >= 0.3 is 0 Å². The fourth-order valence-electron chi connectivity index (χ4n) is 2.70. The summed E-state index contributed by atoms with van der Waals surface area (Å²) in [6.45, 7) is 2.25. The van der Waals surface area contributed by atoms with Gasteiger partial charge in [-0.3, -0.25) is 4.79 Å². The highest BCUT2D eigenvalue weighted by atomic mass is 35.5. The Morgan fingerprint density at radius 1 is 1.08 bits per heavy atom. The molecular weight excluding hydrogens is 352 g/mol. The third kappa shape index (κ3) is 4.34. The lowest BCUT2D eigenvalue weighted by atomic mass is 10.0. The SMILES string of the molecule is CCOc1ccc(Cc2cc(-c3cc(=O)cc(CO)o3)ccc2Cl)cc1. The summed E-state index contributed by atoms with van der Waals surface area (Å²) in [5.74, 6) is 1.47. The van der Waals surface area contributed by atoms with Crippen LogP contribution in [0.2, 0.25) is 5.02 Å². The van der Waals surface area contributed by atoms with Crippen molar-refractivity contribution in [1.29, 1.82) is 0 Å². The van der Waals surface area contributed by atoms with E-state index in [-0.39, 0.29) is 17.8 Å². The zero-order valence-corrected chi connectivity index (χ0v) is 15.1. The molecule has 0 bridgehead atoms. The van der Waals surface area contributed by atoms with Gasteiger partial charge in [0.25, 0.3) is 0 Å². The van der Waals surface area contributed by atoms with Gasteiger partial charge in [0.1, 0.15) is 23.9 Å². The molecule has 2 aromatic carbocycles. The molecule has 0 saturated carbocycles. The summed E-state index contributed by atoms with van der Waals surface area (Å²) in [5.41, 5.74) is 2.55. The van der Waals surface area contributed by atoms with Crippen molar-refractivity contribution in [2.75, 3.05) is 6.61 Å². The molecule has 0 amide bonds. The highest BCUT2D eigenvalue weighted by Gasteiger charge is 2.09. The van der Waals surface area contributed by atoms with E-state index in [0.29, 0.717) is 23.8 Å². The van der Waals surface area contributed by atoms with Crippen molar-refractivity contribution in [2.45, 2.75) is 20.0 Å². The second kappa shape index (κ2) is 8.21. The number of aliphatic hydroxyl groups is 1. The largest absolute Gasteiger partial charge is 0.494 e. The fourth-order valence-corrected chi connectivity index (χ4v) is 2.89. The van der Waals surface area contributed by atoms with Gasteiger partial charge in [-0.25, -0.2) is 0 Å². The monoisotopic (exact) mass is 370 g/mol. The number of benzene rings is 2. The van der Waals surface area contributed by atoms with Crippen LogP contribution in [-0.2, 0) is 13.0 Å². The van der Waals surface area contributed by atoms with Crippen LogP contribution >= 0.6 is 11.6 Å². The van der Waals surface area contributed by atoms with E-state index < -0.39 is 0 Å². The third-order valence-electron chi connectivity index (χ3n) is 3.93. The topological polar surface area (TPSA) is 59.7 Å². The molecule has 5 heteroatoms. The maximum Gasteiger partial charge on any atom is 0.185 e. The third-order valence-corrected chi connectivity index (χ3v) is 4.30. The van der Waals surface area contributed by atoms with Gasteiger partial charge in [-0.15, -0.1) is 0 Å². The van der Waals surface area contributed by atoms with E-state index >= 15 is 0 Å². The van der Waals surface area contributed by atoms with E-state index in [2.05, 4.69) is 0 Å². The summed E-state index contributed by atoms with van der Waals surface area (Å²) in [6, 6.07) is 16.0. The molecule has 3 aromatic rings. The number of aliphatic hydroxyl groups excluding tert-OH is 1. The quantitative estimate of drug-likeness (QED) is 0.696. The van der Waals surface area contributed by atoms with Crippen LogP contribution in [0, 0.1) is 0 Å². The van der Waals surface area contributed by atoms with E-state index in [9.17, 15) is 9.90 Å². The molecule has 0 aliphatic carbocycles. The summed E-state index contributed by atoms with van der Waals surface area (Å²) in [7, 11) is 0. The van der Waals surface area contributed by atoms with Crippen molar-refractivity contribution in [1.82, 2.24) is 0 Å². The first-order chi connectivity index (χ1) is 12.6. The molecule has 1 N–H and O–H groups in total. The van der Waals surface area contributed by atoms with Crippen LogP contribution in [0.5, 0.6) is 5.75 Å². The molecule has 134 valence electrons. The molecule has 0 aliphatic rings. The van der Waals surface area contributed by atoms with E-state index in [4.69, 9.17) is 20.8 Å². The lowest BCUT2D eigenvalue weighted by Gasteiger charge is -2.09. The molecule has 4 nitrogen and oxygen atoms in total. The van der Waals surface area contributed by atoms with Crippen LogP contribution in [-0.4, -0.2) is 11.7 Å². The van der Waals surface area contributed by atoms with Gasteiger partial charge in [0.05, 0.1) is 6.61 Å². The molecule has 26 heavy (non-hydrogen) atoms. The van der Waals surface area contributed by atoms with E-state index in [0.717, 1.165) is 22.4 Å². The highest BCUT2D eigenvalue weighted by molar-refractivity contribution is 6.31. The lowest BCUT2D eigenvalue weighted by Crippen LogP contribution is -2.01. The molecule has 0 unspecified atom stereocenters. The Bertz CT molecular complexity index is 945. The van der Waals surface area contributed by atoms with E-state index in [1.165, 1.54) is 12.1 Å². The second-order valence-electron chi connectivity index (χ2n) is 5.84. The van der Waals surface area contributed by atoms with Crippen LogP contribution in [0.25, 0.3) is 11.3 Å². The van der Waals surface area contributed by atoms with Crippen LogP contribution in [0.15, 0.2) is 63.8 Å². The minimum atomic E-state index is -0.324.